The minimum Gasteiger partial charge on any atom is -0.378 e. The van der Waals surface area contributed by atoms with E-state index in [1.165, 1.54) is 0 Å². The van der Waals surface area contributed by atoms with Crippen LogP contribution >= 0.6 is 0 Å². The smallest absolute Gasteiger partial charge is 0.112 e. The standard InChI is InChI=1S/C19H22N2O/c1-3-21(4-2)19(22)14-18-13-12-17(15-20-18)11-10-16-8-6-5-7-9-16/h5-9,12-13,15,19,22H,3-4,14H2,1-2H3. The van der Waals surface area contributed by atoms with Crippen LogP contribution in [0.1, 0.15) is 30.7 Å². The van der Waals surface area contributed by atoms with Crippen molar-refractivity contribution in [2.75, 3.05) is 13.1 Å². The Morgan fingerprint density at radius 3 is 2.27 bits per heavy atom. The number of aliphatic hydroxyl groups is 1. The Hall–Kier alpha value is -2.15. The summed E-state index contributed by atoms with van der Waals surface area (Å²) < 4.78 is 0. The molecule has 3 heteroatoms. The largest absolute Gasteiger partial charge is 0.378 e. The molecule has 0 amide bonds. The first-order valence-electron chi connectivity index (χ1n) is 7.67. The minimum absolute atomic E-state index is 0.483. The fourth-order valence-corrected chi connectivity index (χ4v) is 2.25. The van der Waals surface area contributed by atoms with Gasteiger partial charge in [0.2, 0.25) is 0 Å². The van der Waals surface area contributed by atoms with Gasteiger partial charge in [0.1, 0.15) is 6.23 Å². The quantitative estimate of drug-likeness (QED) is 0.680. The van der Waals surface area contributed by atoms with Crippen LogP contribution in [0, 0.1) is 11.8 Å². The molecule has 1 aromatic carbocycles. The number of hydrogen-bond donors (Lipinski definition) is 1. The van der Waals surface area contributed by atoms with Gasteiger partial charge in [-0.25, -0.2) is 0 Å². The molecule has 0 radical (unpaired) electrons. The lowest BCUT2D eigenvalue weighted by Gasteiger charge is -2.24. The van der Waals surface area contributed by atoms with E-state index < -0.39 is 6.23 Å². The SMILES string of the molecule is CCN(CC)C(O)Cc1ccc(C#Cc2ccccc2)cn1. The highest BCUT2D eigenvalue weighted by Gasteiger charge is 2.12. The molecule has 114 valence electrons. The van der Waals surface area contributed by atoms with E-state index >= 15 is 0 Å². The Labute approximate surface area is 132 Å². The van der Waals surface area contributed by atoms with Gasteiger partial charge in [-0.1, -0.05) is 43.9 Å². The number of aliphatic hydroxyl groups excluding tert-OH is 1. The molecule has 1 aromatic heterocycles. The van der Waals surface area contributed by atoms with Gasteiger partial charge in [-0.15, -0.1) is 0 Å². The molecular weight excluding hydrogens is 272 g/mol. The van der Waals surface area contributed by atoms with Gasteiger partial charge >= 0.3 is 0 Å². The van der Waals surface area contributed by atoms with Crippen molar-refractivity contribution in [3.8, 4) is 11.8 Å². The molecule has 0 aliphatic rings. The Bertz CT molecular complexity index is 622. The van der Waals surface area contributed by atoms with E-state index in [0.29, 0.717) is 6.42 Å². The molecule has 0 spiro atoms. The fraction of sp³-hybridized carbons (Fsp3) is 0.316. The van der Waals surface area contributed by atoms with Crippen molar-refractivity contribution < 1.29 is 5.11 Å². The highest BCUT2D eigenvalue weighted by atomic mass is 16.3. The summed E-state index contributed by atoms with van der Waals surface area (Å²) in [5.41, 5.74) is 2.75. The van der Waals surface area contributed by atoms with Crippen LogP contribution < -0.4 is 0 Å². The Morgan fingerprint density at radius 2 is 1.68 bits per heavy atom. The zero-order valence-corrected chi connectivity index (χ0v) is 13.2. The van der Waals surface area contributed by atoms with Crippen molar-refractivity contribution in [1.29, 1.82) is 0 Å². The second kappa shape index (κ2) is 8.33. The van der Waals surface area contributed by atoms with E-state index in [-0.39, 0.29) is 0 Å². The molecule has 0 saturated carbocycles. The molecule has 3 nitrogen and oxygen atoms in total. The average molecular weight is 294 g/mol. The Balaban J connectivity index is 2.00. The Kier molecular flexibility index (Phi) is 6.14. The number of aromatic nitrogens is 1. The highest BCUT2D eigenvalue weighted by molar-refractivity contribution is 5.41. The molecule has 0 aliphatic carbocycles. The van der Waals surface area contributed by atoms with E-state index in [9.17, 15) is 5.11 Å². The van der Waals surface area contributed by atoms with Gasteiger partial charge < -0.3 is 5.11 Å². The molecule has 2 aromatic rings. The number of pyridine rings is 1. The topological polar surface area (TPSA) is 36.4 Å². The third kappa shape index (κ3) is 4.70. The molecule has 1 N–H and O–H groups in total. The van der Waals surface area contributed by atoms with Crippen molar-refractivity contribution in [3.05, 3.63) is 65.5 Å². The molecule has 2 rings (SSSR count). The summed E-state index contributed by atoms with van der Waals surface area (Å²) in [6.45, 7) is 5.75. The van der Waals surface area contributed by atoms with Crippen LogP contribution in [0.2, 0.25) is 0 Å². The van der Waals surface area contributed by atoms with E-state index in [1.807, 2.05) is 61.2 Å². The van der Waals surface area contributed by atoms with Crippen molar-refractivity contribution >= 4 is 0 Å². The molecule has 0 aliphatic heterocycles. The predicted octanol–water partition coefficient (Wildman–Crippen LogP) is 2.68. The van der Waals surface area contributed by atoms with Crippen LogP contribution in [-0.2, 0) is 6.42 Å². The van der Waals surface area contributed by atoms with Gasteiger partial charge in [-0.05, 0) is 37.4 Å². The highest BCUT2D eigenvalue weighted by Crippen LogP contribution is 2.06. The van der Waals surface area contributed by atoms with E-state index in [2.05, 4.69) is 16.8 Å². The zero-order chi connectivity index (χ0) is 15.8. The second-order valence-electron chi connectivity index (χ2n) is 5.06. The molecule has 0 saturated heterocycles. The van der Waals surface area contributed by atoms with Crippen molar-refractivity contribution in [3.63, 3.8) is 0 Å². The molecule has 0 bridgehead atoms. The van der Waals surface area contributed by atoms with Crippen molar-refractivity contribution in [2.45, 2.75) is 26.5 Å². The average Bonchev–Trinajstić information content (AvgIpc) is 2.56. The van der Waals surface area contributed by atoms with Crippen LogP contribution in [0.25, 0.3) is 0 Å². The molecule has 22 heavy (non-hydrogen) atoms. The lowest BCUT2D eigenvalue weighted by atomic mass is 10.2. The molecule has 1 unspecified atom stereocenters. The number of benzene rings is 1. The maximum absolute atomic E-state index is 10.1. The normalized spacial score (nSPS) is 11.8. The lowest BCUT2D eigenvalue weighted by molar-refractivity contribution is 0.0109. The van der Waals surface area contributed by atoms with Crippen LogP contribution in [0.5, 0.6) is 0 Å². The summed E-state index contributed by atoms with van der Waals surface area (Å²) in [6.07, 6.45) is 1.82. The summed E-state index contributed by atoms with van der Waals surface area (Å²) in [6, 6.07) is 13.8. The number of likely N-dealkylation sites (N-methyl/N-ethyl adjacent to an activating group) is 1. The first-order valence-corrected chi connectivity index (χ1v) is 7.67. The van der Waals surface area contributed by atoms with Crippen LogP contribution in [0.15, 0.2) is 48.7 Å². The molecule has 0 fully saturated rings. The fourth-order valence-electron chi connectivity index (χ4n) is 2.25. The van der Waals surface area contributed by atoms with Gasteiger partial charge in [0.15, 0.2) is 0 Å². The van der Waals surface area contributed by atoms with E-state index in [4.69, 9.17) is 0 Å². The van der Waals surface area contributed by atoms with Crippen LogP contribution in [-0.4, -0.2) is 34.3 Å². The van der Waals surface area contributed by atoms with Gasteiger partial charge in [0.25, 0.3) is 0 Å². The summed E-state index contributed by atoms with van der Waals surface area (Å²) in [7, 11) is 0. The number of nitrogens with zero attached hydrogens (tertiary/aromatic N) is 2. The van der Waals surface area contributed by atoms with E-state index in [1.54, 1.807) is 6.20 Å². The summed E-state index contributed by atoms with van der Waals surface area (Å²) in [5, 5.41) is 10.1. The van der Waals surface area contributed by atoms with E-state index in [0.717, 1.165) is 29.9 Å². The minimum atomic E-state index is -0.483. The summed E-state index contributed by atoms with van der Waals surface area (Å²) in [5.74, 6) is 6.21. The first-order chi connectivity index (χ1) is 10.7. The summed E-state index contributed by atoms with van der Waals surface area (Å²) in [4.78, 5) is 6.40. The number of hydrogen-bond acceptors (Lipinski definition) is 3. The second-order valence-corrected chi connectivity index (χ2v) is 5.06. The van der Waals surface area contributed by atoms with Gasteiger partial charge in [-0.3, -0.25) is 9.88 Å². The molecule has 1 atom stereocenters. The zero-order valence-electron chi connectivity index (χ0n) is 13.2. The first kappa shape index (κ1) is 16.2. The van der Waals surface area contributed by atoms with Gasteiger partial charge in [0.05, 0.1) is 0 Å². The third-order valence-electron chi connectivity index (χ3n) is 3.58. The molecule has 1 heterocycles. The van der Waals surface area contributed by atoms with Crippen molar-refractivity contribution in [2.24, 2.45) is 0 Å². The third-order valence-corrected chi connectivity index (χ3v) is 3.58. The Morgan fingerprint density at radius 1 is 1.00 bits per heavy atom. The van der Waals surface area contributed by atoms with Crippen LogP contribution in [0.3, 0.4) is 0 Å². The number of rotatable bonds is 5. The lowest BCUT2D eigenvalue weighted by Crippen LogP contribution is -2.36. The maximum Gasteiger partial charge on any atom is 0.112 e. The monoisotopic (exact) mass is 294 g/mol. The van der Waals surface area contributed by atoms with Gasteiger partial charge in [0, 0.05) is 29.4 Å². The van der Waals surface area contributed by atoms with Gasteiger partial charge in [-0.2, -0.15) is 0 Å². The maximum atomic E-state index is 10.1. The van der Waals surface area contributed by atoms with Crippen LogP contribution in [0.4, 0.5) is 0 Å². The predicted molar refractivity (Wildman–Crippen MR) is 89.3 cm³/mol. The molecular formula is C19H22N2O. The summed E-state index contributed by atoms with van der Waals surface area (Å²) >= 11 is 0. The van der Waals surface area contributed by atoms with Crippen molar-refractivity contribution in [1.82, 2.24) is 9.88 Å².